The van der Waals surface area contributed by atoms with Gasteiger partial charge in [-0.05, 0) is 64.2 Å². The second kappa shape index (κ2) is 39.3. The van der Waals surface area contributed by atoms with Gasteiger partial charge in [0, 0.05) is 12.8 Å². The van der Waals surface area contributed by atoms with Crippen LogP contribution in [0.2, 0.25) is 0 Å². The van der Waals surface area contributed by atoms with Gasteiger partial charge in [-0.1, -0.05) is 154 Å². The molecule has 9 heteroatoms. The van der Waals surface area contributed by atoms with Gasteiger partial charge >= 0.3 is 11.9 Å². The highest BCUT2D eigenvalue weighted by molar-refractivity contribution is 5.87. The monoisotopic (exact) mass is 751 g/mol. The van der Waals surface area contributed by atoms with Gasteiger partial charge in [0.1, 0.15) is 12.1 Å². The van der Waals surface area contributed by atoms with Crippen molar-refractivity contribution in [2.24, 2.45) is 0 Å². The highest BCUT2D eigenvalue weighted by atomic mass is 16.5. The maximum Gasteiger partial charge on any atom is 0.328 e. The van der Waals surface area contributed by atoms with Gasteiger partial charge < -0.3 is 25.6 Å². The first-order chi connectivity index (χ1) is 25.8. The fourth-order valence-corrected chi connectivity index (χ4v) is 6.59. The van der Waals surface area contributed by atoms with Gasteiger partial charge in [0.15, 0.2) is 0 Å². The van der Waals surface area contributed by atoms with Crippen molar-refractivity contribution < 1.29 is 34.1 Å². The molecule has 0 aliphatic heterocycles. The molecule has 310 valence electrons. The van der Waals surface area contributed by atoms with Crippen molar-refractivity contribution in [2.45, 2.75) is 231 Å². The number of carboxylic acid groups (broad SMARTS) is 1. The van der Waals surface area contributed by atoms with Crippen LogP contribution in [-0.4, -0.2) is 59.3 Å². The first-order valence-corrected chi connectivity index (χ1v) is 22.1. The van der Waals surface area contributed by atoms with E-state index in [1.807, 2.05) is 0 Å². The molecule has 0 aromatic rings. The Hall–Kier alpha value is -2.42. The second-order valence-corrected chi connectivity index (χ2v) is 15.1. The molecule has 2 amide bonds. The van der Waals surface area contributed by atoms with Crippen molar-refractivity contribution in [2.75, 3.05) is 13.2 Å². The number of carbonyl (C=O) groups excluding carboxylic acids is 3. The Bertz CT molecular complexity index is 910. The normalized spacial score (nSPS) is 12.5. The summed E-state index contributed by atoms with van der Waals surface area (Å²) < 4.78 is 6.03. The molecule has 53 heavy (non-hydrogen) atoms. The van der Waals surface area contributed by atoms with Crippen LogP contribution in [0.1, 0.15) is 219 Å². The average Bonchev–Trinajstić information content (AvgIpc) is 3.14. The summed E-state index contributed by atoms with van der Waals surface area (Å²) in [5.74, 6) is -2.29. The number of esters is 1. The third-order valence-corrected chi connectivity index (χ3v) is 10.0. The van der Waals surface area contributed by atoms with E-state index in [-0.39, 0.29) is 24.5 Å². The Morgan fingerprint density at radius 2 is 0.962 bits per heavy atom. The SMILES string of the molecule is CCCCC/C=C\CCCCCCCC(=O)OC(CCCCCCCCCCCCCCC)CCCCCCCC(=O)NCC(=O)NC(CO)C(=O)O. The van der Waals surface area contributed by atoms with Crippen LogP contribution in [-0.2, 0) is 23.9 Å². The summed E-state index contributed by atoms with van der Waals surface area (Å²) in [6.07, 6.45) is 40.9. The fourth-order valence-electron chi connectivity index (χ4n) is 6.59. The molecule has 0 aliphatic rings. The van der Waals surface area contributed by atoms with Crippen molar-refractivity contribution in [3.8, 4) is 0 Å². The van der Waals surface area contributed by atoms with Crippen LogP contribution in [0.4, 0.5) is 0 Å². The van der Waals surface area contributed by atoms with Gasteiger partial charge in [-0.3, -0.25) is 14.4 Å². The van der Waals surface area contributed by atoms with E-state index in [1.165, 1.54) is 122 Å². The quantitative estimate of drug-likeness (QED) is 0.0277. The Morgan fingerprint density at radius 1 is 0.547 bits per heavy atom. The lowest BCUT2D eigenvalue weighted by atomic mass is 10.0. The van der Waals surface area contributed by atoms with Gasteiger partial charge in [0.25, 0.3) is 0 Å². The van der Waals surface area contributed by atoms with E-state index in [0.29, 0.717) is 19.3 Å². The van der Waals surface area contributed by atoms with Gasteiger partial charge in [0.05, 0.1) is 13.2 Å². The number of rotatable bonds is 40. The number of hydrogen-bond acceptors (Lipinski definition) is 6. The van der Waals surface area contributed by atoms with Crippen molar-refractivity contribution in [3.63, 3.8) is 0 Å². The number of carbonyl (C=O) groups is 4. The number of aliphatic carboxylic acids is 1. The average molecular weight is 751 g/mol. The predicted octanol–water partition coefficient (Wildman–Crippen LogP) is 10.7. The lowest BCUT2D eigenvalue weighted by molar-refractivity contribution is -0.150. The summed E-state index contributed by atoms with van der Waals surface area (Å²) >= 11 is 0. The number of aliphatic hydroxyl groups excluding tert-OH is 1. The molecule has 0 saturated carbocycles. The molecule has 0 saturated heterocycles. The molecule has 0 rings (SSSR count). The van der Waals surface area contributed by atoms with Crippen LogP contribution in [0.15, 0.2) is 12.2 Å². The molecule has 0 fully saturated rings. The molecule has 0 heterocycles. The number of allylic oxidation sites excluding steroid dienone is 2. The van der Waals surface area contributed by atoms with Gasteiger partial charge in [-0.2, -0.15) is 0 Å². The smallest absolute Gasteiger partial charge is 0.328 e. The minimum atomic E-state index is -1.38. The lowest BCUT2D eigenvalue weighted by Crippen LogP contribution is -2.47. The molecule has 9 nitrogen and oxygen atoms in total. The molecule has 2 atom stereocenters. The Kier molecular flexibility index (Phi) is 37.5. The molecule has 0 aliphatic carbocycles. The van der Waals surface area contributed by atoms with E-state index in [1.54, 1.807) is 0 Å². The third kappa shape index (κ3) is 36.3. The van der Waals surface area contributed by atoms with Crippen molar-refractivity contribution in [1.29, 1.82) is 0 Å². The highest BCUT2D eigenvalue weighted by Gasteiger charge is 2.19. The van der Waals surface area contributed by atoms with E-state index in [9.17, 15) is 19.2 Å². The zero-order valence-corrected chi connectivity index (χ0v) is 34.3. The van der Waals surface area contributed by atoms with Crippen LogP contribution >= 0.6 is 0 Å². The van der Waals surface area contributed by atoms with Crippen LogP contribution < -0.4 is 10.6 Å². The number of carboxylic acids is 1. The van der Waals surface area contributed by atoms with Crippen LogP contribution in [0.25, 0.3) is 0 Å². The molecule has 4 N–H and O–H groups in total. The van der Waals surface area contributed by atoms with E-state index in [2.05, 4.69) is 36.6 Å². The minimum Gasteiger partial charge on any atom is -0.480 e. The van der Waals surface area contributed by atoms with Gasteiger partial charge in [-0.15, -0.1) is 0 Å². The maximum atomic E-state index is 12.8. The van der Waals surface area contributed by atoms with Gasteiger partial charge in [0.2, 0.25) is 11.8 Å². The number of nitrogens with one attached hydrogen (secondary N) is 2. The number of ether oxygens (including phenoxy) is 1. The standard InChI is InChI=1S/C44H82N2O7/c1-3-5-7-9-11-13-15-17-18-20-22-25-29-33-39(53-43(50)36-32-28-23-21-19-16-14-12-10-8-6-4-2)34-30-26-24-27-31-35-41(48)45-37-42(49)46-40(38-47)44(51)52/h12,14,39-40,47H,3-11,13,15-38H2,1-2H3,(H,45,48)(H,46,49)(H,51,52)/b14-12-. The largest absolute Gasteiger partial charge is 0.480 e. The zero-order valence-electron chi connectivity index (χ0n) is 34.3. The Labute approximate surface area is 324 Å². The summed E-state index contributed by atoms with van der Waals surface area (Å²) in [6.45, 7) is 3.47. The minimum absolute atomic E-state index is 0.0113. The molecule has 0 bridgehead atoms. The van der Waals surface area contributed by atoms with Crippen molar-refractivity contribution >= 4 is 23.8 Å². The molecule has 0 radical (unpaired) electrons. The molecule has 0 aromatic heterocycles. The number of hydrogen-bond donors (Lipinski definition) is 4. The van der Waals surface area contributed by atoms with E-state index in [0.717, 1.165) is 64.2 Å². The molecular weight excluding hydrogens is 668 g/mol. The lowest BCUT2D eigenvalue weighted by Gasteiger charge is -2.18. The zero-order chi connectivity index (χ0) is 39.0. The second-order valence-electron chi connectivity index (χ2n) is 15.1. The van der Waals surface area contributed by atoms with Crippen LogP contribution in [0.5, 0.6) is 0 Å². The van der Waals surface area contributed by atoms with Crippen molar-refractivity contribution in [3.05, 3.63) is 12.2 Å². The number of unbranched alkanes of at least 4 members (excludes halogenated alkanes) is 24. The Balaban J connectivity index is 4.31. The summed E-state index contributed by atoms with van der Waals surface area (Å²) in [6, 6.07) is -1.38. The van der Waals surface area contributed by atoms with E-state index < -0.39 is 24.5 Å². The Morgan fingerprint density at radius 3 is 1.45 bits per heavy atom. The van der Waals surface area contributed by atoms with E-state index >= 15 is 0 Å². The van der Waals surface area contributed by atoms with Crippen molar-refractivity contribution in [1.82, 2.24) is 10.6 Å². The van der Waals surface area contributed by atoms with Crippen LogP contribution in [0, 0.1) is 0 Å². The first-order valence-electron chi connectivity index (χ1n) is 22.1. The molecular formula is C44H82N2O7. The summed E-state index contributed by atoms with van der Waals surface area (Å²) in [5, 5.41) is 22.6. The number of aliphatic hydroxyl groups is 1. The summed E-state index contributed by atoms with van der Waals surface area (Å²) in [7, 11) is 0. The highest BCUT2D eigenvalue weighted by Crippen LogP contribution is 2.19. The summed E-state index contributed by atoms with van der Waals surface area (Å²) in [4.78, 5) is 47.5. The predicted molar refractivity (Wildman–Crippen MR) is 218 cm³/mol. The fraction of sp³-hybridized carbons (Fsp3) is 0.864. The topological polar surface area (TPSA) is 142 Å². The molecule has 2 unspecified atom stereocenters. The third-order valence-electron chi connectivity index (χ3n) is 10.0. The maximum absolute atomic E-state index is 12.8. The summed E-state index contributed by atoms with van der Waals surface area (Å²) in [5.41, 5.74) is 0. The molecule has 0 aromatic carbocycles. The first kappa shape index (κ1) is 50.6. The molecule has 0 spiro atoms. The van der Waals surface area contributed by atoms with Crippen LogP contribution in [0.3, 0.4) is 0 Å². The number of amides is 2. The van der Waals surface area contributed by atoms with Gasteiger partial charge in [-0.25, -0.2) is 4.79 Å². The van der Waals surface area contributed by atoms with E-state index in [4.69, 9.17) is 14.9 Å².